The van der Waals surface area contributed by atoms with Crippen molar-refractivity contribution in [2.75, 3.05) is 12.4 Å². The normalized spacial score (nSPS) is 11.4. The van der Waals surface area contributed by atoms with Gasteiger partial charge in [0.2, 0.25) is 0 Å². The lowest BCUT2D eigenvalue weighted by molar-refractivity contribution is 0.416. The van der Waals surface area contributed by atoms with Crippen LogP contribution in [0.1, 0.15) is 32.0 Å². The van der Waals surface area contributed by atoms with Crippen LogP contribution in [0.5, 0.6) is 5.75 Å². The van der Waals surface area contributed by atoms with E-state index >= 15 is 0 Å². The molecule has 20 heavy (non-hydrogen) atoms. The monoisotopic (exact) mass is 272 g/mol. The minimum atomic E-state index is 0.133. The lowest BCUT2D eigenvalue weighted by atomic mass is 9.87. The molecule has 0 atom stereocenters. The highest BCUT2D eigenvalue weighted by Crippen LogP contribution is 2.31. The summed E-state index contributed by atoms with van der Waals surface area (Å²) in [6.07, 6.45) is 2.06. The first-order valence-corrected chi connectivity index (χ1v) is 6.94. The molecule has 108 valence electrons. The Bertz CT molecular complexity index is 579. The fourth-order valence-corrected chi connectivity index (χ4v) is 2.18. The predicted molar refractivity (Wildman–Crippen MR) is 84.4 cm³/mol. The number of aryl methyl sites for hydroxylation is 1. The van der Waals surface area contributed by atoms with E-state index in [0.29, 0.717) is 0 Å². The van der Waals surface area contributed by atoms with E-state index in [-0.39, 0.29) is 5.41 Å². The van der Waals surface area contributed by atoms with Crippen LogP contribution in [0.2, 0.25) is 0 Å². The Morgan fingerprint density at radius 2 is 1.95 bits per heavy atom. The van der Waals surface area contributed by atoms with Gasteiger partial charge in [-0.25, -0.2) is 0 Å². The van der Waals surface area contributed by atoms with Crippen LogP contribution >= 0.6 is 0 Å². The number of ether oxygens (including phenoxy) is 1. The van der Waals surface area contributed by atoms with E-state index < -0.39 is 0 Å². The predicted octanol–water partition coefficient (Wildman–Crippen LogP) is 3.94. The fourth-order valence-electron chi connectivity index (χ4n) is 2.18. The summed E-state index contributed by atoms with van der Waals surface area (Å²) in [6.45, 7) is 7.44. The topological polar surface area (TPSA) is 26.2 Å². The number of anilines is 1. The average Bonchev–Trinajstić information content (AvgIpc) is 2.80. The number of benzene rings is 1. The molecular formula is C17H24N2O. The zero-order valence-electron chi connectivity index (χ0n) is 13.0. The van der Waals surface area contributed by atoms with Crippen LogP contribution in [-0.4, -0.2) is 11.7 Å². The van der Waals surface area contributed by atoms with Crippen molar-refractivity contribution in [3.63, 3.8) is 0 Å². The highest BCUT2D eigenvalue weighted by Gasteiger charge is 2.15. The number of hydrogen-bond donors (Lipinski definition) is 1. The number of rotatable bonds is 4. The fraction of sp³-hybridized carbons (Fsp3) is 0.412. The summed E-state index contributed by atoms with van der Waals surface area (Å²) >= 11 is 0. The smallest absolute Gasteiger partial charge is 0.141 e. The summed E-state index contributed by atoms with van der Waals surface area (Å²) < 4.78 is 7.56. The van der Waals surface area contributed by atoms with Gasteiger partial charge in [-0.3, -0.25) is 0 Å². The zero-order chi connectivity index (χ0) is 14.8. The molecule has 0 fully saturated rings. The molecule has 0 aliphatic carbocycles. The highest BCUT2D eigenvalue weighted by molar-refractivity contribution is 5.59. The zero-order valence-corrected chi connectivity index (χ0v) is 13.0. The first-order valence-electron chi connectivity index (χ1n) is 6.94. The molecule has 1 N–H and O–H groups in total. The van der Waals surface area contributed by atoms with Gasteiger partial charge in [-0.1, -0.05) is 26.8 Å². The number of nitrogens with zero attached hydrogens (tertiary/aromatic N) is 1. The summed E-state index contributed by atoms with van der Waals surface area (Å²) in [7, 11) is 3.76. The van der Waals surface area contributed by atoms with Gasteiger partial charge in [0.1, 0.15) is 5.75 Å². The molecule has 0 spiro atoms. The molecule has 0 radical (unpaired) electrons. The Morgan fingerprint density at radius 3 is 2.50 bits per heavy atom. The number of aromatic nitrogens is 1. The number of methoxy groups -OCH3 is 1. The van der Waals surface area contributed by atoms with Gasteiger partial charge in [-0.05, 0) is 35.2 Å². The molecule has 0 saturated carbocycles. The van der Waals surface area contributed by atoms with Crippen LogP contribution < -0.4 is 10.1 Å². The van der Waals surface area contributed by atoms with E-state index in [2.05, 4.69) is 68.2 Å². The minimum absolute atomic E-state index is 0.133. The average molecular weight is 272 g/mol. The second kappa shape index (κ2) is 5.61. The van der Waals surface area contributed by atoms with Crippen molar-refractivity contribution in [3.05, 3.63) is 47.8 Å². The van der Waals surface area contributed by atoms with E-state index in [1.807, 2.05) is 6.07 Å². The van der Waals surface area contributed by atoms with Gasteiger partial charge in [0.15, 0.2) is 0 Å². The molecule has 0 amide bonds. The van der Waals surface area contributed by atoms with Crippen molar-refractivity contribution in [1.29, 1.82) is 0 Å². The van der Waals surface area contributed by atoms with Crippen molar-refractivity contribution in [3.8, 4) is 5.75 Å². The van der Waals surface area contributed by atoms with Gasteiger partial charge in [0, 0.05) is 18.9 Å². The largest absolute Gasteiger partial charge is 0.495 e. The second-order valence-corrected chi connectivity index (χ2v) is 6.13. The van der Waals surface area contributed by atoms with E-state index in [4.69, 9.17) is 4.74 Å². The first kappa shape index (κ1) is 14.5. The molecule has 0 aliphatic rings. The lowest BCUT2D eigenvalue weighted by Crippen LogP contribution is -2.12. The van der Waals surface area contributed by atoms with Crippen molar-refractivity contribution < 1.29 is 4.74 Å². The van der Waals surface area contributed by atoms with Gasteiger partial charge in [0.05, 0.1) is 19.3 Å². The van der Waals surface area contributed by atoms with Crippen LogP contribution in [0.3, 0.4) is 0 Å². The van der Waals surface area contributed by atoms with E-state index in [1.165, 1.54) is 11.3 Å². The van der Waals surface area contributed by atoms with Gasteiger partial charge >= 0.3 is 0 Å². The van der Waals surface area contributed by atoms with Gasteiger partial charge in [-0.15, -0.1) is 0 Å². The van der Waals surface area contributed by atoms with Crippen LogP contribution in [-0.2, 0) is 19.0 Å². The van der Waals surface area contributed by atoms with Crippen LogP contribution in [0, 0.1) is 0 Å². The third-order valence-corrected chi connectivity index (χ3v) is 3.58. The van der Waals surface area contributed by atoms with Gasteiger partial charge < -0.3 is 14.6 Å². The SMILES string of the molecule is COc1ccc(C(C)(C)C)cc1NCc1cccn1C. The molecule has 3 nitrogen and oxygen atoms in total. The molecule has 1 aromatic heterocycles. The quantitative estimate of drug-likeness (QED) is 0.912. The standard InChI is InChI=1S/C17H24N2O/c1-17(2,3)13-8-9-16(20-5)15(11-13)18-12-14-7-6-10-19(14)4/h6-11,18H,12H2,1-5H3. The Hall–Kier alpha value is -1.90. The minimum Gasteiger partial charge on any atom is -0.495 e. The summed E-state index contributed by atoms with van der Waals surface area (Å²) in [5.41, 5.74) is 3.72. The Balaban J connectivity index is 2.23. The molecule has 2 aromatic rings. The number of hydrogen-bond acceptors (Lipinski definition) is 2. The molecule has 1 heterocycles. The van der Waals surface area contributed by atoms with Crippen molar-refractivity contribution in [1.82, 2.24) is 4.57 Å². The molecular weight excluding hydrogens is 248 g/mol. The van der Waals surface area contributed by atoms with Crippen LogP contribution in [0.25, 0.3) is 0 Å². The van der Waals surface area contributed by atoms with E-state index in [0.717, 1.165) is 18.0 Å². The maximum absolute atomic E-state index is 5.44. The molecule has 0 unspecified atom stereocenters. The third kappa shape index (κ3) is 3.16. The molecule has 0 bridgehead atoms. The third-order valence-electron chi connectivity index (χ3n) is 3.58. The van der Waals surface area contributed by atoms with Crippen molar-refractivity contribution >= 4 is 5.69 Å². The van der Waals surface area contributed by atoms with Gasteiger partial charge in [-0.2, -0.15) is 0 Å². The Morgan fingerprint density at radius 1 is 1.20 bits per heavy atom. The lowest BCUT2D eigenvalue weighted by Gasteiger charge is -2.21. The molecule has 2 rings (SSSR count). The number of nitrogens with one attached hydrogen (secondary N) is 1. The van der Waals surface area contributed by atoms with Gasteiger partial charge in [0.25, 0.3) is 0 Å². The first-order chi connectivity index (χ1) is 9.41. The highest BCUT2D eigenvalue weighted by atomic mass is 16.5. The van der Waals surface area contributed by atoms with Crippen LogP contribution in [0.15, 0.2) is 36.5 Å². The Kier molecular flexibility index (Phi) is 4.07. The summed E-state index contributed by atoms with van der Waals surface area (Å²) in [5, 5.41) is 3.47. The van der Waals surface area contributed by atoms with Crippen molar-refractivity contribution in [2.45, 2.75) is 32.7 Å². The summed E-state index contributed by atoms with van der Waals surface area (Å²) in [6, 6.07) is 10.5. The Labute approximate surface area is 121 Å². The molecule has 0 aliphatic heterocycles. The van der Waals surface area contributed by atoms with E-state index in [1.54, 1.807) is 7.11 Å². The van der Waals surface area contributed by atoms with E-state index in [9.17, 15) is 0 Å². The summed E-state index contributed by atoms with van der Waals surface area (Å²) in [4.78, 5) is 0. The molecule has 0 saturated heterocycles. The molecule has 1 aromatic carbocycles. The maximum Gasteiger partial charge on any atom is 0.141 e. The van der Waals surface area contributed by atoms with Crippen LogP contribution in [0.4, 0.5) is 5.69 Å². The second-order valence-electron chi connectivity index (χ2n) is 6.13. The maximum atomic E-state index is 5.44. The van der Waals surface area contributed by atoms with Crippen molar-refractivity contribution in [2.24, 2.45) is 7.05 Å². The molecule has 3 heteroatoms. The summed E-state index contributed by atoms with van der Waals surface area (Å²) in [5.74, 6) is 0.882.